The number of ether oxygens (including phenoxy) is 1. The molecular formula is C10H16F2N2O2. The van der Waals surface area contributed by atoms with E-state index in [1.165, 1.54) is 0 Å². The molecule has 0 fully saturated rings. The molecule has 0 radical (unpaired) electrons. The molecule has 0 bridgehead atoms. The largest absolute Gasteiger partial charge is 0.374 e. The van der Waals surface area contributed by atoms with Crippen molar-refractivity contribution < 1.29 is 18.0 Å². The smallest absolute Gasteiger partial charge is 0.261 e. The van der Waals surface area contributed by atoms with Crippen LogP contribution in [0.2, 0.25) is 0 Å². The van der Waals surface area contributed by atoms with E-state index in [2.05, 4.69) is 10.5 Å². The molecule has 0 amide bonds. The van der Waals surface area contributed by atoms with E-state index in [4.69, 9.17) is 9.26 Å². The molecule has 0 aliphatic heterocycles. The molecular weight excluding hydrogens is 218 g/mol. The van der Waals surface area contributed by atoms with Crippen LogP contribution in [0.4, 0.5) is 8.78 Å². The molecule has 1 aromatic rings. The highest BCUT2D eigenvalue weighted by atomic mass is 19.3. The standard InChI is InChI=1S/C10H16F2N2O2/c1-7-9(8(2)16-14-7)5-13-3-4-15-6-10(11)12/h10,13H,3-6H2,1-2H3. The lowest BCUT2D eigenvalue weighted by Gasteiger charge is -2.05. The van der Waals surface area contributed by atoms with Crippen LogP contribution in [0.25, 0.3) is 0 Å². The number of hydrogen-bond acceptors (Lipinski definition) is 4. The van der Waals surface area contributed by atoms with Crippen LogP contribution in [-0.2, 0) is 11.3 Å². The van der Waals surface area contributed by atoms with Crippen LogP contribution >= 0.6 is 0 Å². The van der Waals surface area contributed by atoms with Gasteiger partial charge in [-0.2, -0.15) is 0 Å². The van der Waals surface area contributed by atoms with Crippen LogP contribution in [0.15, 0.2) is 4.52 Å². The van der Waals surface area contributed by atoms with Gasteiger partial charge < -0.3 is 14.6 Å². The SMILES string of the molecule is Cc1noc(C)c1CNCCOCC(F)F. The lowest BCUT2D eigenvalue weighted by atomic mass is 10.2. The van der Waals surface area contributed by atoms with E-state index in [0.29, 0.717) is 13.1 Å². The summed E-state index contributed by atoms with van der Waals surface area (Å²) < 4.78 is 33.1. The number of hydrogen-bond donors (Lipinski definition) is 1. The third-order valence-corrected chi connectivity index (χ3v) is 2.15. The molecule has 92 valence electrons. The van der Waals surface area contributed by atoms with Gasteiger partial charge in [-0.3, -0.25) is 0 Å². The van der Waals surface area contributed by atoms with Gasteiger partial charge in [0.25, 0.3) is 6.43 Å². The highest BCUT2D eigenvalue weighted by molar-refractivity contribution is 5.20. The lowest BCUT2D eigenvalue weighted by molar-refractivity contribution is 0.0187. The molecule has 4 nitrogen and oxygen atoms in total. The summed E-state index contributed by atoms with van der Waals surface area (Å²) in [5, 5.41) is 6.88. The number of aromatic nitrogens is 1. The monoisotopic (exact) mass is 234 g/mol. The summed E-state index contributed by atoms with van der Waals surface area (Å²) in [6.45, 7) is 4.60. The van der Waals surface area contributed by atoms with Gasteiger partial charge in [0.2, 0.25) is 0 Å². The Labute approximate surface area is 92.9 Å². The maximum absolute atomic E-state index is 11.7. The first-order chi connectivity index (χ1) is 7.61. The summed E-state index contributed by atoms with van der Waals surface area (Å²) >= 11 is 0. The van der Waals surface area contributed by atoms with Crippen molar-refractivity contribution in [3.05, 3.63) is 17.0 Å². The predicted molar refractivity (Wildman–Crippen MR) is 54.5 cm³/mol. The molecule has 0 aromatic carbocycles. The molecule has 1 N–H and O–H groups in total. The van der Waals surface area contributed by atoms with E-state index in [0.717, 1.165) is 17.0 Å². The predicted octanol–water partition coefficient (Wildman–Crippen LogP) is 1.66. The molecule has 1 aromatic heterocycles. The number of nitrogens with one attached hydrogen (secondary N) is 1. The zero-order valence-corrected chi connectivity index (χ0v) is 9.43. The first-order valence-electron chi connectivity index (χ1n) is 5.09. The molecule has 0 spiro atoms. The van der Waals surface area contributed by atoms with Crippen molar-refractivity contribution in [2.24, 2.45) is 0 Å². The van der Waals surface area contributed by atoms with Crippen molar-refractivity contribution in [3.63, 3.8) is 0 Å². The molecule has 1 rings (SSSR count). The molecule has 0 aliphatic carbocycles. The highest BCUT2D eigenvalue weighted by Crippen LogP contribution is 2.10. The van der Waals surface area contributed by atoms with Crippen LogP contribution in [0.1, 0.15) is 17.0 Å². The van der Waals surface area contributed by atoms with E-state index >= 15 is 0 Å². The molecule has 0 aliphatic rings. The van der Waals surface area contributed by atoms with E-state index in [-0.39, 0.29) is 6.61 Å². The van der Waals surface area contributed by atoms with Gasteiger partial charge in [0.1, 0.15) is 12.4 Å². The van der Waals surface area contributed by atoms with Gasteiger partial charge in [-0.15, -0.1) is 0 Å². The van der Waals surface area contributed by atoms with Crippen molar-refractivity contribution in [1.82, 2.24) is 10.5 Å². The first kappa shape index (κ1) is 13.1. The molecule has 0 atom stereocenters. The third-order valence-electron chi connectivity index (χ3n) is 2.15. The van der Waals surface area contributed by atoms with E-state index < -0.39 is 13.0 Å². The maximum Gasteiger partial charge on any atom is 0.261 e. The summed E-state index contributed by atoms with van der Waals surface area (Å²) in [7, 11) is 0. The summed E-state index contributed by atoms with van der Waals surface area (Å²) in [5.74, 6) is 0.776. The van der Waals surface area contributed by atoms with Crippen LogP contribution in [0.5, 0.6) is 0 Å². The molecule has 1 heterocycles. The van der Waals surface area contributed by atoms with Crippen molar-refractivity contribution in [1.29, 1.82) is 0 Å². The van der Waals surface area contributed by atoms with Gasteiger partial charge in [-0.1, -0.05) is 5.16 Å². The van der Waals surface area contributed by atoms with Crippen LogP contribution in [-0.4, -0.2) is 31.3 Å². The topological polar surface area (TPSA) is 47.3 Å². The van der Waals surface area contributed by atoms with Gasteiger partial charge in [-0.05, 0) is 13.8 Å². The summed E-state index contributed by atoms with van der Waals surface area (Å²) in [4.78, 5) is 0. The molecule has 0 unspecified atom stereocenters. The van der Waals surface area contributed by atoms with Gasteiger partial charge in [0, 0.05) is 18.7 Å². The van der Waals surface area contributed by atoms with E-state index in [1.54, 1.807) is 0 Å². The Morgan fingerprint density at radius 2 is 2.19 bits per heavy atom. The normalized spacial score (nSPS) is 11.3. The number of rotatable bonds is 7. The lowest BCUT2D eigenvalue weighted by Crippen LogP contribution is -2.21. The molecule has 6 heteroatoms. The van der Waals surface area contributed by atoms with Gasteiger partial charge in [-0.25, -0.2) is 8.78 Å². The Morgan fingerprint density at radius 1 is 1.44 bits per heavy atom. The zero-order chi connectivity index (χ0) is 12.0. The van der Waals surface area contributed by atoms with Crippen LogP contribution < -0.4 is 5.32 Å². The van der Waals surface area contributed by atoms with Crippen LogP contribution in [0, 0.1) is 13.8 Å². The van der Waals surface area contributed by atoms with Gasteiger partial charge in [0.15, 0.2) is 0 Å². The van der Waals surface area contributed by atoms with Gasteiger partial charge in [0.05, 0.1) is 12.3 Å². The van der Waals surface area contributed by atoms with E-state index in [1.807, 2.05) is 13.8 Å². The Kier molecular flexibility index (Phi) is 5.34. The fourth-order valence-electron chi connectivity index (χ4n) is 1.28. The second-order valence-corrected chi connectivity index (χ2v) is 3.45. The fraction of sp³-hybridized carbons (Fsp3) is 0.700. The Bertz CT molecular complexity index is 296. The maximum atomic E-state index is 11.7. The Morgan fingerprint density at radius 3 is 2.75 bits per heavy atom. The minimum atomic E-state index is -2.40. The molecule has 0 saturated heterocycles. The number of halogens is 2. The number of aryl methyl sites for hydroxylation is 2. The third kappa shape index (κ3) is 4.24. The van der Waals surface area contributed by atoms with Crippen molar-refractivity contribution in [3.8, 4) is 0 Å². The summed E-state index contributed by atoms with van der Waals surface area (Å²) in [5.41, 5.74) is 1.85. The Hall–Kier alpha value is -1.01. The number of alkyl halides is 2. The zero-order valence-electron chi connectivity index (χ0n) is 9.43. The van der Waals surface area contributed by atoms with Crippen molar-refractivity contribution in [2.75, 3.05) is 19.8 Å². The van der Waals surface area contributed by atoms with E-state index in [9.17, 15) is 8.78 Å². The average Bonchev–Trinajstić information content (AvgIpc) is 2.53. The molecule has 16 heavy (non-hydrogen) atoms. The second kappa shape index (κ2) is 6.55. The quantitative estimate of drug-likeness (QED) is 0.729. The van der Waals surface area contributed by atoms with Crippen molar-refractivity contribution >= 4 is 0 Å². The highest BCUT2D eigenvalue weighted by Gasteiger charge is 2.07. The minimum absolute atomic E-state index is 0.272. The summed E-state index contributed by atoms with van der Waals surface area (Å²) in [6, 6.07) is 0. The van der Waals surface area contributed by atoms with Crippen LogP contribution in [0.3, 0.4) is 0 Å². The van der Waals surface area contributed by atoms with Gasteiger partial charge >= 0.3 is 0 Å². The average molecular weight is 234 g/mol. The fourth-order valence-corrected chi connectivity index (χ4v) is 1.28. The number of nitrogens with zero attached hydrogens (tertiary/aromatic N) is 1. The first-order valence-corrected chi connectivity index (χ1v) is 5.09. The minimum Gasteiger partial charge on any atom is -0.374 e. The van der Waals surface area contributed by atoms with Crippen molar-refractivity contribution in [2.45, 2.75) is 26.8 Å². The Balaban J connectivity index is 2.12. The second-order valence-electron chi connectivity index (χ2n) is 3.45. The molecule has 0 saturated carbocycles. The summed E-state index contributed by atoms with van der Waals surface area (Å²) in [6.07, 6.45) is -2.40.